The van der Waals surface area contributed by atoms with Crippen LogP contribution in [0.2, 0.25) is 5.02 Å². The second kappa shape index (κ2) is 8.67. The molecular weight excluding hydrogens is 444 g/mol. The van der Waals surface area contributed by atoms with Gasteiger partial charge in [-0.2, -0.15) is 0 Å². The monoisotopic (exact) mass is 458 g/mol. The van der Waals surface area contributed by atoms with Crippen molar-refractivity contribution in [2.24, 2.45) is 0 Å². The lowest BCUT2D eigenvalue weighted by atomic mass is 10.2. The first-order valence-electron chi connectivity index (χ1n) is 8.64. The molecule has 29 heavy (non-hydrogen) atoms. The summed E-state index contributed by atoms with van der Waals surface area (Å²) in [5, 5.41) is 9.73. The van der Waals surface area contributed by atoms with Crippen LogP contribution in [-0.4, -0.2) is 18.6 Å². The second-order valence-electron chi connectivity index (χ2n) is 6.13. The van der Waals surface area contributed by atoms with Gasteiger partial charge >= 0.3 is 0 Å². The van der Waals surface area contributed by atoms with Crippen molar-refractivity contribution in [3.63, 3.8) is 0 Å². The fourth-order valence-corrected chi connectivity index (χ4v) is 5.83. The van der Waals surface area contributed by atoms with Crippen LogP contribution in [0.3, 0.4) is 0 Å². The van der Waals surface area contributed by atoms with Crippen LogP contribution in [0.5, 0.6) is 0 Å². The van der Waals surface area contributed by atoms with Crippen molar-refractivity contribution >= 4 is 44.5 Å². The molecule has 0 fully saturated rings. The predicted octanol–water partition coefficient (Wildman–Crippen LogP) is 5.98. The van der Waals surface area contributed by atoms with Gasteiger partial charge in [0.05, 0.1) is 9.79 Å². The van der Waals surface area contributed by atoms with Gasteiger partial charge in [0.1, 0.15) is 5.01 Å². The predicted molar refractivity (Wildman–Crippen MR) is 118 cm³/mol. The smallest absolute Gasteiger partial charge is 0.206 e. The summed E-state index contributed by atoms with van der Waals surface area (Å²) in [4.78, 5) is 0.442. The Labute approximate surface area is 182 Å². The van der Waals surface area contributed by atoms with E-state index in [1.54, 1.807) is 48.2 Å². The number of hydrogen-bond acceptors (Lipinski definition) is 6. The molecule has 146 valence electrons. The molecular formula is C21H15ClN2O2S3. The van der Waals surface area contributed by atoms with E-state index >= 15 is 0 Å². The van der Waals surface area contributed by atoms with Gasteiger partial charge in [0.15, 0.2) is 4.34 Å². The molecule has 0 spiro atoms. The zero-order valence-electron chi connectivity index (χ0n) is 15.0. The number of nitrogens with zero attached hydrogens (tertiary/aromatic N) is 2. The molecule has 0 unspecified atom stereocenters. The third-order valence-electron chi connectivity index (χ3n) is 4.15. The van der Waals surface area contributed by atoms with Crippen molar-refractivity contribution in [3.8, 4) is 10.6 Å². The van der Waals surface area contributed by atoms with Gasteiger partial charge in [-0.15, -0.1) is 10.2 Å². The van der Waals surface area contributed by atoms with Gasteiger partial charge in [-0.05, 0) is 42.0 Å². The largest absolute Gasteiger partial charge is 0.219 e. The van der Waals surface area contributed by atoms with E-state index in [4.69, 9.17) is 11.6 Å². The van der Waals surface area contributed by atoms with Gasteiger partial charge in [-0.25, -0.2) is 8.42 Å². The highest BCUT2D eigenvalue weighted by Gasteiger charge is 2.18. The van der Waals surface area contributed by atoms with Gasteiger partial charge < -0.3 is 0 Å². The van der Waals surface area contributed by atoms with Crippen molar-refractivity contribution in [3.05, 3.63) is 89.4 Å². The Hall–Kier alpha value is -2.19. The summed E-state index contributed by atoms with van der Waals surface area (Å²) in [6, 6.07) is 23.0. The minimum atomic E-state index is -3.58. The third-order valence-corrected chi connectivity index (χ3v) is 8.36. The summed E-state index contributed by atoms with van der Waals surface area (Å²) in [6.07, 6.45) is 0. The Morgan fingerprint density at radius 1 is 0.828 bits per heavy atom. The van der Waals surface area contributed by atoms with Crippen molar-refractivity contribution in [1.82, 2.24) is 10.2 Å². The van der Waals surface area contributed by atoms with Gasteiger partial charge in [0.25, 0.3) is 0 Å². The summed E-state index contributed by atoms with van der Waals surface area (Å²) in [5.74, 6) is 0.827. The number of aromatic nitrogens is 2. The van der Waals surface area contributed by atoms with E-state index in [9.17, 15) is 8.42 Å². The number of sulfone groups is 1. The first-order chi connectivity index (χ1) is 14.0. The Morgan fingerprint density at radius 3 is 2.10 bits per heavy atom. The number of rotatable bonds is 6. The van der Waals surface area contributed by atoms with Gasteiger partial charge in [0, 0.05) is 16.3 Å². The molecule has 0 aliphatic carbocycles. The normalized spacial score (nSPS) is 11.5. The van der Waals surface area contributed by atoms with E-state index in [1.165, 1.54) is 29.0 Å². The molecule has 1 heterocycles. The van der Waals surface area contributed by atoms with Crippen LogP contribution in [0.1, 0.15) is 5.56 Å². The molecule has 0 N–H and O–H groups in total. The first-order valence-corrected chi connectivity index (χ1v) is 12.3. The van der Waals surface area contributed by atoms with Crippen molar-refractivity contribution in [2.45, 2.75) is 19.9 Å². The molecule has 0 amide bonds. The van der Waals surface area contributed by atoms with Crippen LogP contribution in [0.4, 0.5) is 0 Å². The second-order valence-corrected chi connectivity index (χ2v) is 10.7. The number of hydrogen-bond donors (Lipinski definition) is 0. The molecule has 0 bridgehead atoms. The maximum Gasteiger partial charge on any atom is 0.206 e. The highest BCUT2D eigenvalue weighted by Crippen LogP contribution is 2.32. The molecule has 4 nitrogen and oxygen atoms in total. The Kier molecular flexibility index (Phi) is 6.01. The zero-order chi connectivity index (χ0) is 20.3. The fraction of sp³-hybridized carbons (Fsp3) is 0.0476. The maximum atomic E-state index is 12.7. The molecule has 1 aromatic heterocycles. The van der Waals surface area contributed by atoms with Crippen LogP contribution in [0, 0.1) is 0 Å². The van der Waals surface area contributed by atoms with Gasteiger partial charge in [0.2, 0.25) is 9.84 Å². The van der Waals surface area contributed by atoms with E-state index in [-0.39, 0.29) is 9.79 Å². The number of benzene rings is 3. The summed E-state index contributed by atoms with van der Waals surface area (Å²) in [7, 11) is -3.58. The van der Waals surface area contributed by atoms with Gasteiger partial charge in [-0.3, -0.25) is 0 Å². The molecule has 0 saturated heterocycles. The molecule has 0 aliphatic heterocycles. The quantitative estimate of drug-likeness (QED) is 0.332. The maximum absolute atomic E-state index is 12.7. The molecule has 3 aromatic carbocycles. The number of thioether (sulfide) groups is 1. The summed E-state index contributed by atoms with van der Waals surface area (Å²) in [6.45, 7) is 0. The highest BCUT2D eigenvalue weighted by atomic mass is 35.5. The average Bonchev–Trinajstić information content (AvgIpc) is 3.22. The third kappa shape index (κ3) is 4.70. The highest BCUT2D eigenvalue weighted by molar-refractivity contribution is 8.00. The van der Waals surface area contributed by atoms with Gasteiger partial charge in [-0.1, -0.05) is 77.2 Å². The molecule has 4 rings (SSSR count). The first kappa shape index (κ1) is 20.1. The minimum Gasteiger partial charge on any atom is -0.219 e. The van der Waals surface area contributed by atoms with E-state index in [1.807, 2.05) is 18.2 Å². The lowest BCUT2D eigenvalue weighted by Crippen LogP contribution is -2.01. The molecule has 0 aliphatic rings. The topological polar surface area (TPSA) is 59.9 Å². The standard InChI is InChI=1S/C21H15ClN2O2S3/c22-17-8-12-19(13-9-17)29(25,26)18-10-6-16(7-11-18)20-23-24-21(28-20)27-14-15-4-2-1-3-5-15/h1-13H,14H2. The van der Waals surface area contributed by atoms with Crippen molar-refractivity contribution < 1.29 is 8.42 Å². The van der Waals surface area contributed by atoms with E-state index in [0.717, 1.165) is 20.7 Å². The van der Waals surface area contributed by atoms with Crippen LogP contribution in [0.25, 0.3) is 10.6 Å². The number of halogens is 1. The molecule has 4 aromatic rings. The van der Waals surface area contributed by atoms with E-state index in [0.29, 0.717) is 5.02 Å². The zero-order valence-corrected chi connectivity index (χ0v) is 18.2. The Bertz CT molecular complexity index is 1210. The molecule has 8 heteroatoms. The van der Waals surface area contributed by atoms with Crippen LogP contribution < -0.4 is 0 Å². The van der Waals surface area contributed by atoms with Crippen molar-refractivity contribution in [2.75, 3.05) is 0 Å². The minimum absolute atomic E-state index is 0.213. The Morgan fingerprint density at radius 2 is 1.45 bits per heavy atom. The van der Waals surface area contributed by atoms with Crippen molar-refractivity contribution in [1.29, 1.82) is 0 Å². The summed E-state index contributed by atoms with van der Waals surface area (Å²) in [5.41, 5.74) is 2.06. The van der Waals surface area contributed by atoms with Crippen LogP contribution in [-0.2, 0) is 15.6 Å². The summed E-state index contributed by atoms with van der Waals surface area (Å²) < 4.78 is 26.4. The Balaban J connectivity index is 1.49. The van der Waals surface area contributed by atoms with Crippen LogP contribution >= 0.6 is 34.7 Å². The molecule has 0 saturated carbocycles. The van der Waals surface area contributed by atoms with Crippen LogP contribution in [0.15, 0.2) is 93.0 Å². The molecule has 0 atom stereocenters. The van der Waals surface area contributed by atoms with E-state index in [2.05, 4.69) is 22.3 Å². The van der Waals surface area contributed by atoms with E-state index < -0.39 is 9.84 Å². The molecule has 0 radical (unpaired) electrons. The lowest BCUT2D eigenvalue weighted by molar-refractivity contribution is 0.596. The average molecular weight is 459 g/mol. The fourth-order valence-electron chi connectivity index (χ4n) is 2.63. The summed E-state index contributed by atoms with van der Waals surface area (Å²) >= 11 is 8.97. The SMILES string of the molecule is O=S(=O)(c1ccc(Cl)cc1)c1ccc(-c2nnc(SCc3ccccc3)s2)cc1. The lowest BCUT2D eigenvalue weighted by Gasteiger charge is -2.05.